The quantitative estimate of drug-likeness (QED) is 0.210. The van der Waals surface area contributed by atoms with Crippen LogP contribution in [0.2, 0.25) is 0 Å². The largest absolute Gasteiger partial charge is 0.512 e. The Balaban J connectivity index is 0.000000489. The summed E-state index contributed by atoms with van der Waals surface area (Å²) in [5.41, 5.74) is 5.98. The van der Waals surface area contributed by atoms with E-state index in [2.05, 4.69) is 82.1 Å². The molecule has 0 amide bonds. The average Bonchev–Trinajstić information content (AvgIpc) is 2.59. The van der Waals surface area contributed by atoms with E-state index in [9.17, 15) is 4.79 Å². The van der Waals surface area contributed by atoms with Gasteiger partial charge in [0.15, 0.2) is 5.78 Å². The molecule has 4 heteroatoms. The minimum absolute atomic E-state index is 0. The van der Waals surface area contributed by atoms with Crippen LogP contribution in [-0.2, 0) is 30.3 Å². The predicted molar refractivity (Wildman–Crippen MR) is 121 cm³/mol. The van der Waals surface area contributed by atoms with E-state index in [1.807, 2.05) is 6.20 Å². The Hall–Kier alpha value is -2.29. The second-order valence-corrected chi connectivity index (χ2v) is 8.50. The van der Waals surface area contributed by atoms with E-state index >= 15 is 0 Å². The number of ketones is 1. The molecule has 1 radical (unpaired) electrons. The Bertz CT molecular complexity index is 1060. The number of allylic oxidation sites excluding steroid dienone is 2. The van der Waals surface area contributed by atoms with Gasteiger partial charge in [-0.25, -0.2) is 0 Å². The third-order valence-electron chi connectivity index (χ3n) is 4.46. The zero-order valence-electron chi connectivity index (χ0n) is 18.8. The molecule has 3 aromatic rings. The molecule has 0 spiro atoms. The number of carbonyl (C=O) groups excluding carboxylic acids is 1. The molecule has 0 aliphatic carbocycles. The number of carbonyl (C=O) groups is 1. The standard InChI is InChI=1S/C21H22N.C5H8O2.Ir/c1-14-6-7-19-16(10-14)8-9-22-20(19)17-11-15(2)12-18(13-17)21(3,4)5;1-4(6)3-5(2)7;/h6-10,12-13H,1-5H3;3,6H,1-2H3;/q-1;;/b;4-3-;. The summed E-state index contributed by atoms with van der Waals surface area (Å²) >= 11 is 0. The van der Waals surface area contributed by atoms with Gasteiger partial charge in [-0.3, -0.25) is 4.79 Å². The maximum atomic E-state index is 10.0. The fourth-order valence-corrected chi connectivity index (χ4v) is 3.08. The van der Waals surface area contributed by atoms with Gasteiger partial charge >= 0.3 is 0 Å². The number of hydrogen-bond acceptors (Lipinski definition) is 3. The molecule has 0 bridgehead atoms. The summed E-state index contributed by atoms with van der Waals surface area (Å²) in [5, 5.41) is 10.8. The van der Waals surface area contributed by atoms with Crippen LogP contribution in [0.25, 0.3) is 22.0 Å². The average molecular weight is 581 g/mol. The SMILES string of the molecule is CC(=O)/C=C(/C)O.Cc1[c-]c(-c2nccc3cc(C)ccc23)cc(C(C)(C)C)c1.[Ir]. The third kappa shape index (κ3) is 7.19. The first-order chi connectivity index (χ1) is 13.5. The van der Waals surface area contributed by atoms with Crippen LogP contribution in [0.5, 0.6) is 0 Å². The maximum Gasteiger partial charge on any atom is 0.155 e. The summed E-state index contributed by atoms with van der Waals surface area (Å²) in [6.07, 6.45) is 3.06. The molecule has 3 rings (SSSR count). The molecule has 1 N–H and O–H groups in total. The fourth-order valence-electron chi connectivity index (χ4n) is 3.08. The van der Waals surface area contributed by atoms with E-state index < -0.39 is 0 Å². The first-order valence-electron chi connectivity index (χ1n) is 9.75. The van der Waals surface area contributed by atoms with E-state index in [-0.39, 0.29) is 37.1 Å². The van der Waals surface area contributed by atoms with Crippen LogP contribution < -0.4 is 0 Å². The first kappa shape index (κ1) is 25.7. The summed E-state index contributed by atoms with van der Waals surface area (Å²) in [6.45, 7) is 13.8. The van der Waals surface area contributed by atoms with Crippen LogP contribution in [0.15, 0.2) is 54.4 Å². The molecule has 0 saturated heterocycles. The van der Waals surface area contributed by atoms with Crippen LogP contribution in [-0.4, -0.2) is 15.9 Å². The van der Waals surface area contributed by atoms with Gasteiger partial charge in [-0.1, -0.05) is 51.5 Å². The van der Waals surface area contributed by atoms with E-state index in [4.69, 9.17) is 5.11 Å². The molecule has 2 aromatic carbocycles. The van der Waals surface area contributed by atoms with Crippen LogP contribution in [0.4, 0.5) is 0 Å². The number of nitrogens with zero attached hydrogens (tertiary/aromatic N) is 1. The van der Waals surface area contributed by atoms with Gasteiger partial charge in [0.2, 0.25) is 0 Å². The fraction of sp³-hybridized carbons (Fsp3) is 0.308. The van der Waals surface area contributed by atoms with Gasteiger partial charge in [0.1, 0.15) is 0 Å². The molecule has 1 heterocycles. The molecule has 3 nitrogen and oxygen atoms in total. The third-order valence-corrected chi connectivity index (χ3v) is 4.46. The maximum absolute atomic E-state index is 10.0. The van der Waals surface area contributed by atoms with Crippen LogP contribution in [0.1, 0.15) is 51.3 Å². The smallest absolute Gasteiger partial charge is 0.155 e. The molecule has 0 unspecified atom stereocenters. The molecular weight excluding hydrogens is 551 g/mol. The molecule has 0 saturated carbocycles. The molecule has 0 fully saturated rings. The van der Waals surface area contributed by atoms with Crippen molar-refractivity contribution in [2.24, 2.45) is 0 Å². The molecule has 0 aliphatic rings. The number of hydrogen-bond donors (Lipinski definition) is 1. The minimum atomic E-state index is -0.125. The molecular formula is C26H30IrNO2-. The van der Waals surface area contributed by atoms with Gasteiger partial charge in [0, 0.05) is 32.4 Å². The summed E-state index contributed by atoms with van der Waals surface area (Å²) in [4.78, 5) is 14.7. The zero-order valence-corrected chi connectivity index (χ0v) is 21.1. The second-order valence-electron chi connectivity index (χ2n) is 8.50. The van der Waals surface area contributed by atoms with Crippen molar-refractivity contribution in [1.82, 2.24) is 4.98 Å². The Morgan fingerprint density at radius 1 is 1.07 bits per heavy atom. The van der Waals surface area contributed by atoms with Gasteiger partial charge in [0.25, 0.3) is 0 Å². The van der Waals surface area contributed by atoms with E-state index in [1.54, 1.807) is 0 Å². The summed E-state index contributed by atoms with van der Waals surface area (Å²) in [5.74, 6) is -0.0625. The Kier molecular flexibility index (Phi) is 9.14. The number of rotatable bonds is 2. The van der Waals surface area contributed by atoms with Crippen molar-refractivity contribution < 1.29 is 30.0 Å². The predicted octanol–water partition coefficient (Wildman–Crippen LogP) is 6.65. The van der Waals surface area contributed by atoms with Crippen LogP contribution in [0.3, 0.4) is 0 Å². The van der Waals surface area contributed by atoms with Crippen molar-refractivity contribution in [1.29, 1.82) is 0 Å². The van der Waals surface area contributed by atoms with E-state index in [0.717, 1.165) is 16.8 Å². The van der Waals surface area contributed by atoms with Crippen molar-refractivity contribution in [3.63, 3.8) is 0 Å². The number of aliphatic hydroxyl groups excluding tert-OH is 1. The van der Waals surface area contributed by atoms with Gasteiger partial charge in [-0.2, -0.15) is 0 Å². The molecule has 0 aliphatic heterocycles. The number of aliphatic hydroxyl groups is 1. The van der Waals surface area contributed by atoms with Gasteiger partial charge in [-0.15, -0.1) is 34.9 Å². The van der Waals surface area contributed by atoms with Crippen molar-refractivity contribution in [2.45, 2.75) is 53.9 Å². The minimum Gasteiger partial charge on any atom is -0.512 e. The Morgan fingerprint density at radius 2 is 1.73 bits per heavy atom. The summed E-state index contributed by atoms with van der Waals surface area (Å²) < 4.78 is 0. The summed E-state index contributed by atoms with van der Waals surface area (Å²) in [6, 6.07) is 16.5. The van der Waals surface area contributed by atoms with Gasteiger partial charge < -0.3 is 10.1 Å². The second kappa shape index (κ2) is 10.7. The number of pyridine rings is 1. The number of benzene rings is 2. The van der Waals surface area contributed by atoms with Crippen molar-refractivity contribution in [3.05, 3.63) is 77.2 Å². The molecule has 1 aromatic heterocycles. The monoisotopic (exact) mass is 581 g/mol. The normalized spacial score (nSPS) is 11.4. The van der Waals surface area contributed by atoms with Crippen LogP contribution in [0, 0.1) is 19.9 Å². The van der Waals surface area contributed by atoms with E-state index in [1.165, 1.54) is 41.8 Å². The van der Waals surface area contributed by atoms with Crippen molar-refractivity contribution >= 4 is 16.6 Å². The van der Waals surface area contributed by atoms with Crippen molar-refractivity contribution in [3.8, 4) is 11.3 Å². The molecule has 30 heavy (non-hydrogen) atoms. The van der Waals surface area contributed by atoms with Crippen molar-refractivity contribution in [2.75, 3.05) is 0 Å². The molecule has 161 valence electrons. The van der Waals surface area contributed by atoms with Crippen LogP contribution >= 0.6 is 0 Å². The zero-order chi connectivity index (χ0) is 21.8. The van der Waals surface area contributed by atoms with Gasteiger partial charge in [-0.05, 0) is 48.7 Å². The Morgan fingerprint density at radius 3 is 2.27 bits per heavy atom. The summed E-state index contributed by atoms with van der Waals surface area (Å²) in [7, 11) is 0. The van der Waals surface area contributed by atoms with Gasteiger partial charge in [0.05, 0.1) is 5.76 Å². The first-order valence-corrected chi connectivity index (χ1v) is 9.75. The molecule has 0 atom stereocenters. The van der Waals surface area contributed by atoms with E-state index in [0.29, 0.717) is 0 Å². The Labute approximate surface area is 193 Å². The number of aryl methyl sites for hydroxylation is 2. The number of fused-ring (bicyclic) bond motifs is 1. The topological polar surface area (TPSA) is 50.2 Å². The number of aromatic nitrogens is 1.